The SMILES string of the molecule is CC1(C)CN(Cc2cnc(Cl)cn2)CC(C)(C)O1. The van der Waals surface area contributed by atoms with Crippen LogP contribution in [0.2, 0.25) is 5.15 Å². The van der Waals surface area contributed by atoms with Crippen LogP contribution in [0, 0.1) is 0 Å². The number of morpholine rings is 1. The van der Waals surface area contributed by atoms with Crippen molar-refractivity contribution in [1.29, 1.82) is 0 Å². The molecule has 1 aromatic rings. The highest BCUT2D eigenvalue weighted by molar-refractivity contribution is 6.29. The van der Waals surface area contributed by atoms with Crippen LogP contribution in [0.5, 0.6) is 0 Å². The minimum absolute atomic E-state index is 0.137. The third-order valence-electron chi connectivity index (χ3n) is 2.82. The van der Waals surface area contributed by atoms with Crippen LogP contribution in [0.4, 0.5) is 0 Å². The molecule has 1 aliphatic rings. The van der Waals surface area contributed by atoms with E-state index >= 15 is 0 Å². The second-order valence-electron chi connectivity index (χ2n) is 6.10. The highest BCUT2D eigenvalue weighted by Crippen LogP contribution is 2.28. The molecular weight excluding hydrogens is 250 g/mol. The molecule has 5 heteroatoms. The zero-order valence-corrected chi connectivity index (χ0v) is 12.2. The van der Waals surface area contributed by atoms with Gasteiger partial charge in [0.2, 0.25) is 0 Å². The highest BCUT2D eigenvalue weighted by atomic mass is 35.5. The van der Waals surface area contributed by atoms with Crippen molar-refractivity contribution in [3.05, 3.63) is 23.2 Å². The van der Waals surface area contributed by atoms with Crippen LogP contribution in [-0.4, -0.2) is 39.2 Å². The Morgan fingerprint density at radius 2 is 1.78 bits per heavy atom. The van der Waals surface area contributed by atoms with E-state index in [2.05, 4.69) is 42.6 Å². The summed E-state index contributed by atoms with van der Waals surface area (Å²) < 4.78 is 6.05. The summed E-state index contributed by atoms with van der Waals surface area (Å²) in [6, 6.07) is 0. The van der Waals surface area contributed by atoms with Gasteiger partial charge in [-0.3, -0.25) is 9.88 Å². The van der Waals surface area contributed by atoms with E-state index in [4.69, 9.17) is 16.3 Å². The van der Waals surface area contributed by atoms with E-state index in [1.165, 1.54) is 0 Å². The van der Waals surface area contributed by atoms with Gasteiger partial charge in [-0.05, 0) is 27.7 Å². The molecule has 2 heterocycles. The second-order valence-corrected chi connectivity index (χ2v) is 6.48. The van der Waals surface area contributed by atoms with Crippen LogP contribution in [0.15, 0.2) is 12.4 Å². The Balaban J connectivity index is 2.07. The number of aromatic nitrogens is 2. The number of hydrogen-bond acceptors (Lipinski definition) is 4. The lowest BCUT2D eigenvalue weighted by molar-refractivity contribution is -0.182. The Labute approximate surface area is 113 Å². The van der Waals surface area contributed by atoms with Crippen molar-refractivity contribution in [2.75, 3.05) is 13.1 Å². The summed E-state index contributed by atoms with van der Waals surface area (Å²) in [5.41, 5.74) is 0.663. The van der Waals surface area contributed by atoms with Crippen molar-refractivity contribution in [2.24, 2.45) is 0 Å². The fourth-order valence-electron chi connectivity index (χ4n) is 2.71. The molecule has 0 unspecified atom stereocenters. The van der Waals surface area contributed by atoms with Gasteiger partial charge in [-0.2, -0.15) is 0 Å². The molecule has 1 aliphatic heterocycles. The van der Waals surface area contributed by atoms with E-state index in [9.17, 15) is 0 Å². The van der Waals surface area contributed by atoms with Gasteiger partial charge in [0.15, 0.2) is 0 Å². The monoisotopic (exact) mass is 269 g/mol. The molecule has 0 saturated carbocycles. The molecule has 1 fully saturated rings. The maximum Gasteiger partial charge on any atom is 0.147 e. The van der Waals surface area contributed by atoms with Crippen LogP contribution in [0.3, 0.4) is 0 Å². The van der Waals surface area contributed by atoms with E-state index in [0.29, 0.717) is 5.15 Å². The van der Waals surface area contributed by atoms with Crippen LogP contribution >= 0.6 is 11.6 Å². The molecule has 2 rings (SSSR count). The summed E-state index contributed by atoms with van der Waals surface area (Å²) in [6.07, 6.45) is 3.32. The van der Waals surface area contributed by atoms with E-state index in [1.54, 1.807) is 12.4 Å². The van der Waals surface area contributed by atoms with Gasteiger partial charge < -0.3 is 4.74 Å². The summed E-state index contributed by atoms with van der Waals surface area (Å²) in [7, 11) is 0. The molecular formula is C13H20ClN3O. The molecule has 0 amide bonds. The number of rotatable bonds is 2. The molecule has 0 N–H and O–H groups in total. The van der Waals surface area contributed by atoms with E-state index < -0.39 is 0 Å². The quantitative estimate of drug-likeness (QED) is 0.827. The predicted molar refractivity (Wildman–Crippen MR) is 71.6 cm³/mol. The molecule has 1 aromatic heterocycles. The summed E-state index contributed by atoms with van der Waals surface area (Å²) in [6.45, 7) is 11.0. The average Bonchev–Trinajstić information content (AvgIpc) is 2.16. The zero-order chi connectivity index (χ0) is 13.4. The smallest absolute Gasteiger partial charge is 0.147 e. The molecule has 0 aromatic carbocycles. The van der Waals surface area contributed by atoms with Gasteiger partial charge in [-0.25, -0.2) is 4.98 Å². The van der Waals surface area contributed by atoms with Crippen molar-refractivity contribution in [2.45, 2.75) is 45.4 Å². The number of hydrogen-bond donors (Lipinski definition) is 0. The van der Waals surface area contributed by atoms with Gasteiger partial charge in [0, 0.05) is 19.6 Å². The largest absolute Gasteiger partial charge is 0.367 e. The van der Waals surface area contributed by atoms with Crippen molar-refractivity contribution < 1.29 is 4.74 Å². The third kappa shape index (κ3) is 3.64. The summed E-state index contributed by atoms with van der Waals surface area (Å²) in [5, 5.41) is 0.432. The van der Waals surface area contributed by atoms with Crippen molar-refractivity contribution in [3.63, 3.8) is 0 Å². The maximum atomic E-state index is 6.05. The highest BCUT2D eigenvalue weighted by Gasteiger charge is 2.37. The van der Waals surface area contributed by atoms with E-state index in [0.717, 1.165) is 25.3 Å². The molecule has 4 nitrogen and oxygen atoms in total. The summed E-state index contributed by atoms with van der Waals surface area (Å²) in [4.78, 5) is 10.7. The van der Waals surface area contributed by atoms with Gasteiger partial charge in [-0.15, -0.1) is 0 Å². The van der Waals surface area contributed by atoms with Crippen molar-refractivity contribution >= 4 is 11.6 Å². The Morgan fingerprint density at radius 1 is 1.17 bits per heavy atom. The molecule has 18 heavy (non-hydrogen) atoms. The van der Waals surface area contributed by atoms with Gasteiger partial charge in [0.05, 0.1) is 29.3 Å². The van der Waals surface area contributed by atoms with Gasteiger partial charge in [-0.1, -0.05) is 11.6 Å². The zero-order valence-electron chi connectivity index (χ0n) is 11.4. The first-order chi connectivity index (χ1) is 8.26. The first-order valence-corrected chi connectivity index (χ1v) is 6.53. The first-order valence-electron chi connectivity index (χ1n) is 6.15. The predicted octanol–water partition coefficient (Wildman–Crippen LogP) is 2.52. The topological polar surface area (TPSA) is 38.2 Å². The lowest BCUT2D eigenvalue weighted by Gasteiger charge is -2.47. The van der Waals surface area contributed by atoms with Gasteiger partial charge in [0.1, 0.15) is 5.15 Å². The van der Waals surface area contributed by atoms with Crippen LogP contribution in [-0.2, 0) is 11.3 Å². The molecule has 0 atom stereocenters. The van der Waals surface area contributed by atoms with Crippen LogP contribution < -0.4 is 0 Å². The Kier molecular flexibility index (Phi) is 3.63. The lowest BCUT2D eigenvalue weighted by atomic mass is 9.99. The molecule has 0 aliphatic carbocycles. The fraction of sp³-hybridized carbons (Fsp3) is 0.692. The standard InChI is InChI=1S/C13H20ClN3O/c1-12(2)8-17(9-13(3,4)18-12)7-10-5-16-11(14)6-15-10/h5-6H,7-9H2,1-4H3. The molecule has 100 valence electrons. The molecule has 0 bridgehead atoms. The molecule has 0 spiro atoms. The fourth-order valence-corrected chi connectivity index (χ4v) is 2.80. The number of nitrogens with zero attached hydrogens (tertiary/aromatic N) is 3. The first kappa shape index (κ1) is 13.7. The normalized spacial score (nSPS) is 22.9. The minimum atomic E-state index is -0.137. The van der Waals surface area contributed by atoms with Gasteiger partial charge >= 0.3 is 0 Å². The summed E-state index contributed by atoms with van der Waals surface area (Å²) >= 11 is 5.74. The Bertz CT molecular complexity index is 401. The number of ether oxygens (including phenoxy) is 1. The van der Waals surface area contributed by atoms with Gasteiger partial charge in [0.25, 0.3) is 0 Å². The third-order valence-corrected chi connectivity index (χ3v) is 3.02. The van der Waals surface area contributed by atoms with Crippen molar-refractivity contribution in [3.8, 4) is 0 Å². The van der Waals surface area contributed by atoms with Crippen LogP contribution in [0.25, 0.3) is 0 Å². The average molecular weight is 270 g/mol. The molecule has 0 radical (unpaired) electrons. The van der Waals surface area contributed by atoms with Crippen LogP contribution in [0.1, 0.15) is 33.4 Å². The van der Waals surface area contributed by atoms with Crippen molar-refractivity contribution in [1.82, 2.24) is 14.9 Å². The Hall–Kier alpha value is -0.710. The Morgan fingerprint density at radius 3 is 2.28 bits per heavy atom. The van der Waals surface area contributed by atoms with E-state index in [-0.39, 0.29) is 11.2 Å². The lowest BCUT2D eigenvalue weighted by Crippen LogP contribution is -2.56. The minimum Gasteiger partial charge on any atom is -0.367 e. The summed E-state index contributed by atoms with van der Waals surface area (Å²) in [5.74, 6) is 0. The second kappa shape index (κ2) is 4.76. The maximum absolute atomic E-state index is 6.05. The van der Waals surface area contributed by atoms with E-state index in [1.807, 2.05) is 0 Å². The number of halogens is 1. The molecule has 1 saturated heterocycles.